The SMILES string of the molecule is O=C(NC[C@H]1C[C@@H]2CCN1C[C@@H]2CN1CCCCC1)c1ccc(C(F)(F)F)cc1. The van der Waals surface area contributed by atoms with Gasteiger partial charge in [-0.05, 0) is 81.4 Å². The topological polar surface area (TPSA) is 35.6 Å². The lowest BCUT2D eigenvalue weighted by Crippen LogP contribution is -2.58. The summed E-state index contributed by atoms with van der Waals surface area (Å²) in [5.41, 5.74) is -0.457. The van der Waals surface area contributed by atoms with Gasteiger partial charge in [-0.3, -0.25) is 9.69 Å². The predicted molar refractivity (Wildman–Crippen MR) is 106 cm³/mol. The van der Waals surface area contributed by atoms with E-state index in [1.807, 2.05) is 0 Å². The second kappa shape index (κ2) is 8.64. The Morgan fingerprint density at radius 3 is 2.41 bits per heavy atom. The monoisotopic (exact) mass is 409 g/mol. The average molecular weight is 409 g/mol. The first-order valence-corrected chi connectivity index (χ1v) is 10.8. The highest BCUT2D eigenvalue weighted by molar-refractivity contribution is 5.94. The molecule has 0 aromatic heterocycles. The van der Waals surface area contributed by atoms with Crippen LogP contribution >= 0.6 is 0 Å². The summed E-state index contributed by atoms with van der Waals surface area (Å²) in [6.07, 6.45) is 1.96. The molecule has 1 aromatic rings. The fourth-order valence-electron chi connectivity index (χ4n) is 5.27. The van der Waals surface area contributed by atoms with E-state index >= 15 is 0 Å². The van der Waals surface area contributed by atoms with Gasteiger partial charge in [0.25, 0.3) is 5.91 Å². The molecule has 0 spiro atoms. The molecule has 1 N–H and O–H groups in total. The van der Waals surface area contributed by atoms with E-state index in [2.05, 4.69) is 15.1 Å². The smallest absolute Gasteiger partial charge is 0.350 e. The first-order chi connectivity index (χ1) is 13.9. The third-order valence-electron chi connectivity index (χ3n) is 6.93. The van der Waals surface area contributed by atoms with Crippen molar-refractivity contribution in [2.24, 2.45) is 11.8 Å². The lowest BCUT2D eigenvalue weighted by Gasteiger charge is -2.51. The number of nitrogens with one attached hydrogen (secondary N) is 1. The lowest BCUT2D eigenvalue weighted by molar-refractivity contribution is -0.137. The Hall–Kier alpha value is -1.60. The van der Waals surface area contributed by atoms with Crippen molar-refractivity contribution < 1.29 is 18.0 Å². The number of likely N-dealkylation sites (tertiary alicyclic amines) is 1. The highest BCUT2D eigenvalue weighted by atomic mass is 19.4. The van der Waals surface area contributed by atoms with Crippen LogP contribution in [-0.4, -0.2) is 61.0 Å². The average Bonchev–Trinajstić information content (AvgIpc) is 2.73. The largest absolute Gasteiger partial charge is 0.416 e. The predicted octanol–water partition coefficient (Wildman–Crippen LogP) is 3.63. The van der Waals surface area contributed by atoms with Crippen molar-refractivity contribution in [3.8, 4) is 0 Å². The minimum Gasteiger partial charge on any atom is -0.350 e. The molecule has 2 bridgehead atoms. The van der Waals surface area contributed by atoms with Crippen LogP contribution in [0, 0.1) is 11.8 Å². The molecule has 4 aliphatic heterocycles. The number of rotatable bonds is 5. The highest BCUT2D eigenvalue weighted by Gasteiger charge is 2.40. The molecule has 0 aliphatic carbocycles. The van der Waals surface area contributed by atoms with Gasteiger partial charge in [0, 0.05) is 31.2 Å². The van der Waals surface area contributed by atoms with Gasteiger partial charge in [0.05, 0.1) is 5.56 Å². The first kappa shape index (κ1) is 20.7. The number of amides is 1. The Morgan fingerprint density at radius 2 is 1.79 bits per heavy atom. The van der Waals surface area contributed by atoms with E-state index in [9.17, 15) is 18.0 Å². The third-order valence-corrected chi connectivity index (χ3v) is 6.93. The maximum atomic E-state index is 12.7. The molecule has 4 fully saturated rings. The van der Waals surface area contributed by atoms with E-state index in [4.69, 9.17) is 0 Å². The van der Waals surface area contributed by atoms with Crippen LogP contribution in [-0.2, 0) is 6.18 Å². The number of nitrogens with zero attached hydrogens (tertiary/aromatic N) is 2. The molecule has 1 unspecified atom stereocenters. The van der Waals surface area contributed by atoms with Gasteiger partial charge in [0.1, 0.15) is 0 Å². The Balaban J connectivity index is 1.27. The summed E-state index contributed by atoms with van der Waals surface area (Å²) < 4.78 is 38.0. The number of carbonyl (C=O) groups is 1. The summed E-state index contributed by atoms with van der Waals surface area (Å²) in [6.45, 7) is 6.41. The van der Waals surface area contributed by atoms with Crippen LogP contribution in [0.3, 0.4) is 0 Å². The number of hydrogen-bond acceptors (Lipinski definition) is 3. The zero-order chi connectivity index (χ0) is 20.4. The number of hydrogen-bond donors (Lipinski definition) is 1. The molecular weight excluding hydrogens is 379 g/mol. The van der Waals surface area contributed by atoms with Gasteiger partial charge >= 0.3 is 6.18 Å². The molecule has 160 valence electrons. The second-order valence-electron chi connectivity index (χ2n) is 8.84. The molecule has 4 saturated heterocycles. The number of piperidine rings is 4. The van der Waals surface area contributed by atoms with Gasteiger partial charge < -0.3 is 10.2 Å². The van der Waals surface area contributed by atoms with Crippen molar-refractivity contribution in [2.75, 3.05) is 39.3 Å². The Kier molecular flexibility index (Phi) is 6.16. The fourth-order valence-corrected chi connectivity index (χ4v) is 5.27. The molecule has 4 nitrogen and oxygen atoms in total. The van der Waals surface area contributed by atoms with Crippen LogP contribution in [0.15, 0.2) is 24.3 Å². The Morgan fingerprint density at radius 1 is 1.07 bits per heavy atom. The number of fused-ring (bicyclic) bond motifs is 3. The van der Waals surface area contributed by atoms with Gasteiger partial charge in [-0.25, -0.2) is 0 Å². The molecule has 4 aliphatic rings. The van der Waals surface area contributed by atoms with Crippen LogP contribution in [0.5, 0.6) is 0 Å². The molecule has 4 atom stereocenters. The molecule has 4 heterocycles. The van der Waals surface area contributed by atoms with Gasteiger partial charge in [-0.15, -0.1) is 0 Å². The van der Waals surface area contributed by atoms with Crippen LogP contribution in [0.4, 0.5) is 13.2 Å². The standard InChI is InChI=1S/C22H30F3N3O/c23-22(24,25)19-6-4-16(5-7-19)21(29)26-13-20-12-17-8-11-28(20)15-18(17)14-27-9-2-1-3-10-27/h4-7,17-18,20H,1-3,8-15H2,(H,26,29)/t17-,18-,20+/m0/s1. The molecule has 29 heavy (non-hydrogen) atoms. The zero-order valence-electron chi connectivity index (χ0n) is 16.8. The normalized spacial score (nSPS) is 30.3. The van der Waals surface area contributed by atoms with E-state index < -0.39 is 11.7 Å². The second-order valence-corrected chi connectivity index (χ2v) is 8.84. The number of benzene rings is 1. The molecule has 1 aromatic carbocycles. The van der Waals surface area contributed by atoms with Crippen molar-refractivity contribution in [2.45, 2.75) is 44.3 Å². The van der Waals surface area contributed by atoms with E-state index in [-0.39, 0.29) is 11.5 Å². The Bertz CT molecular complexity index is 700. The molecule has 1 amide bonds. The minimum absolute atomic E-state index is 0.275. The van der Waals surface area contributed by atoms with Crippen molar-refractivity contribution in [1.29, 1.82) is 0 Å². The molecule has 5 rings (SSSR count). The summed E-state index contributed by atoms with van der Waals surface area (Å²) in [7, 11) is 0. The van der Waals surface area contributed by atoms with Crippen LogP contribution in [0.1, 0.15) is 48.0 Å². The summed E-state index contributed by atoms with van der Waals surface area (Å²) >= 11 is 0. The minimum atomic E-state index is -4.38. The molecule has 7 heteroatoms. The maximum Gasteiger partial charge on any atom is 0.416 e. The van der Waals surface area contributed by atoms with E-state index in [0.717, 1.165) is 43.5 Å². The maximum absolute atomic E-state index is 12.7. The van der Waals surface area contributed by atoms with Crippen LogP contribution in [0.25, 0.3) is 0 Å². The Labute approximate surface area is 170 Å². The summed E-state index contributed by atoms with van der Waals surface area (Å²) in [4.78, 5) is 17.5. The first-order valence-electron chi connectivity index (χ1n) is 10.8. The number of carbonyl (C=O) groups excluding carboxylic acids is 1. The van der Waals surface area contributed by atoms with Crippen molar-refractivity contribution in [3.05, 3.63) is 35.4 Å². The van der Waals surface area contributed by atoms with E-state index in [1.54, 1.807) is 0 Å². The van der Waals surface area contributed by atoms with Crippen molar-refractivity contribution >= 4 is 5.91 Å². The fraction of sp³-hybridized carbons (Fsp3) is 0.682. The lowest BCUT2D eigenvalue weighted by atomic mass is 9.75. The summed E-state index contributed by atoms with van der Waals surface area (Å²) in [5, 5.41) is 2.94. The van der Waals surface area contributed by atoms with Crippen molar-refractivity contribution in [1.82, 2.24) is 15.1 Å². The van der Waals surface area contributed by atoms with Gasteiger partial charge in [0.15, 0.2) is 0 Å². The highest BCUT2D eigenvalue weighted by Crippen LogP contribution is 2.37. The molecule has 0 saturated carbocycles. The molecule has 0 radical (unpaired) electrons. The quantitative estimate of drug-likeness (QED) is 0.807. The zero-order valence-corrected chi connectivity index (χ0v) is 16.8. The van der Waals surface area contributed by atoms with Gasteiger partial charge in [-0.1, -0.05) is 6.42 Å². The number of halogens is 3. The van der Waals surface area contributed by atoms with Gasteiger partial charge in [0.2, 0.25) is 0 Å². The van der Waals surface area contributed by atoms with Crippen molar-refractivity contribution in [3.63, 3.8) is 0 Å². The van der Waals surface area contributed by atoms with E-state index in [1.165, 1.54) is 57.5 Å². The van der Waals surface area contributed by atoms with Crippen LogP contribution in [0.2, 0.25) is 0 Å². The third kappa shape index (κ3) is 4.94. The van der Waals surface area contributed by atoms with E-state index in [0.29, 0.717) is 12.6 Å². The summed E-state index contributed by atoms with van der Waals surface area (Å²) in [6, 6.07) is 4.77. The van der Waals surface area contributed by atoms with Gasteiger partial charge in [-0.2, -0.15) is 13.2 Å². The number of alkyl halides is 3. The molecular formula is C22H30F3N3O. The van der Waals surface area contributed by atoms with Crippen LogP contribution < -0.4 is 5.32 Å². The summed E-state index contributed by atoms with van der Waals surface area (Å²) in [5.74, 6) is 1.14.